The molecule has 3 aromatic rings. The number of aryl methyl sites for hydroxylation is 1. The van der Waals surface area contributed by atoms with Gasteiger partial charge in [-0.05, 0) is 23.8 Å². The number of aliphatic carboxylic acids is 1. The lowest BCUT2D eigenvalue weighted by atomic mass is 10.1. The first-order valence-corrected chi connectivity index (χ1v) is 8.76. The molecule has 0 radical (unpaired) electrons. The van der Waals surface area contributed by atoms with E-state index in [2.05, 4.69) is 5.32 Å². The van der Waals surface area contributed by atoms with Crippen molar-refractivity contribution in [2.75, 3.05) is 7.11 Å². The van der Waals surface area contributed by atoms with Crippen molar-refractivity contribution in [1.82, 2.24) is 9.88 Å². The number of carboxylic acids is 1. The van der Waals surface area contributed by atoms with E-state index in [0.717, 1.165) is 22.2 Å². The van der Waals surface area contributed by atoms with Crippen molar-refractivity contribution in [3.63, 3.8) is 0 Å². The van der Waals surface area contributed by atoms with E-state index in [-0.39, 0.29) is 18.7 Å². The summed E-state index contributed by atoms with van der Waals surface area (Å²) in [6.07, 6.45) is 2.35. The number of rotatable bonds is 8. The maximum Gasteiger partial charge on any atom is 0.326 e. The van der Waals surface area contributed by atoms with Crippen LogP contribution in [-0.2, 0) is 22.6 Å². The van der Waals surface area contributed by atoms with Gasteiger partial charge in [-0.2, -0.15) is 0 Å². The average molecular weight is 366 g/mol. The number of carbonyl (C=O) groups is 2. The number of hydrogen-bond acceptors (Lipinski definition) is 3. The third-order valence-electron chi connectivity index (χ3n) is 4.49. The second-order valence-corrected chi connectivity index (χ2v) is 6.30. The van der Waals surface area contributed by atoms with Crippen LogP contribution < -0.4 is 10.1 Å². The predicted octanol–water partition coefficient (Wildman–Crippen LogP) is 2.85. The first kappa shape index (κ1) is 18.5. The van der Waals surface area contributed by atoms with E-state index >= 15 is 0 Å². The number of aromatic nitrogens is 1. The van der Waals surface area contributed by atoms with Gasteiger partial charge in [0.25, 0.3) is 0 Å². The molecule has 2 N–H and O–H groups in total. The highest BCUT2D eigenvalue weighted by Crippen LogP contribution is 2.26. The molecule has 6 nitrogen and oxygen atoms in total. The molecule has 140 valence electrons. The van der Waals surface area contributed by atoms with Gasteiger partial charge in [-0.15, -0.1) is 0 Å². The third-order valence-corrected chi connectivity index (χ3v) is 4.49. The van der Waals surface area contributed by atoms with Crippen molar-refractivity contribution in [1.29, 1.82) is 0 Å². The number of fused-ring (bicyclic) bond motifs is 1. The van der Waals surface area contributed by atoms with Gasteiger partial charge in [0.1, 0.15) is 11.8 Å². The van der Waals surface area contributed by atoms with Crippen molar-refractivity contribution in [3.8, 4) is 5.75 Å². The number of nitrogens with one attached hydrogen (secondary N) is 1. The van der Waals surface area contributed by atoms with Crippen molar-refractivity contribution in [2.24, 2.45) is 0 Å². The van der Waals surface area contributed by atoms with Crippen LogP contribution >= 0.6 is 0 Å². The topological polar surface area (TPSA) is 80.6 Å². The van der Waals surface area contributed by atoms with Gasteiger partial charge in [0.2, 0.25) is 5.91 Å². The molecule has 0 fully saturated rings. The Morgan fingerprint density at radius 1 is 1.11 bits per heavy atom. The molecule has 0 saturated carbocycles. The van der Waals surface area contributed by atoms with Crippen molar-refractivity contribution in [3.05, 3.63) is 66.4 Å². The molecule has 1 aromatic heterocycles. The minimum absolute atomic E-state index is 0.194. The van der Waals surface area contributed by atoms with Gasteiger partial charge in [-0.1, -0.05) is 36.4 Å². The summed E-state index contributed by atoms with van der Waals surface area (Å²) in [5.74, 6) is -0.545. The first-order chi connectivity index (χ1) is 13.1. The molecule has 2 aromatic carbocycles. The van der Waals surface area contributed by atoms with E-state index in [1.807, 2.05) is 65.4 Å². The Bertz CT molecular complexity index is 934. The summed E-state index contributed by atoms with van der Waals surface area (Å²) in [4.78, 5) is 23.8. The summed E-state index contributed by atoms with van der Waals surface area (Å²) < 4.78 is 7.31. The Balaban J connectivity index is 1.62. The van der Waals surface area contributed by atoms with Crippen molar-refractivity contribution < 1.29 is 19.4 Å². The Morgan fingerprint density at radius 3 is 2.59 bits per heavy atom. The number of hydrogen-bond donors (Lipinski definition) is 2. The van der Waals surface area contributed by atoms with E-state index in [1.54, 1.807) is 7.11 Å². The van der Waals surface area contributed by atoms with E-state index < -0.39 is 12.0 Å². The lowest BCUT2D eigenvalue weighted by Gasteiger charge is -2.15. The van der Waals surface area contributed by atoms with Crippen LogP contribution in [0.2, 0.25) is 0 Å². The van der Waals surface area contributed by atoms with Crippen LogP contribution in [0.3, 0.4) is 0 Å². The molecule has 1 atom stereocenters. The summed E-state index contributed by atoms with van der Waals surface area (Å²) >= 11 is 0. The van der Waals surface area contributed by atoms with Crippen LogP contribution in [0.4, 0.5) is 0 Å². The molecule has 3 rings (SSSR count). The number of benzene rings is 2. The SMILES string of the molecule is COc1cccc2c1ccn2CCC(=O)N[C@@H](Cc1ccccc1)C(=O)O. The minimum Gasteiger partial charge on any atom is -0.496 e. The van der Waals surface area contributed by atoms with Gasteiger partial charge in [0.05, 0.1) is 12.6 Å². The molecule has 0 aliphatic heterocycles. The molecule has 0 spiro atoms. The summed E-state index contributed by atoms with van der Waals surface area (Å²) in [5, 5.41) is 13.0. The Labute approximate surface area is 157 Å². The molecular weight excluding hydrogens is 344 g/mol. The third kappa shape index (κ3) is 4.47. The van der Waals surface area contributed by atoms with Gasteiger partial charge in [-0.3, -0.25) is 4.79 Å². The zero-order chi connectivity index (χ0) is 19.2. The highest BCUT2D eigenvalue weighted by atomic mass is 16.5. The van der Waals surface area contributed by atoms with Crippen molar-refractivity contribution in [2.45, 2.75) is 25.4 Å². The Morgan fingerprint density at radius 2 is 1.89 bits per heavy atom. The molecule has 1 amide bonds. The van der Waals surface area contributed by atoms with Crippen molar-refractivity contribution >= 4 is 22.8 Å². The lowest BCUT2D eigenvalue weighted by molar-refractivity contribution is -0.141. The van der Waals surface area contributed by atoms with Crippen LogP contribution in [0.5, 0.6) is 5.75 Å². The highest BCUT2D eigenvalue weighted by Gasteiger charge is 2.20. The molecular formula is C21H22N2O4. The molecule has 6 heteroatoms. The van der Waals surface area contributed by atoms with Crippen LogP contribution in [0.25, 0.3) is 10.9 Å². The number of methoxy groups -OCH3 is 1. The second kappa shape index (κ2) is 8.40. The first-order valence-electron chi connectivity index (χ1n) is 8.76. The van der Waals surface area contributed by atoms with E-state index in [4.69, 9.17) is 4.74 Å². The summed E-state index contributed by atoms with van der Waals surface area (Å²) in [6.45, 7) is 0.459. The van der Waals surface area contributed by atoms with Crippen LogP contribution in [-0.4, -0.2) is 34.7 Å². The fraction of sp³-hybridized carbons (Fsp3) is 0.238. The van der Waals surface area contributed by atoms with E-state index in [1.165, 1.54) is 0 Å². The van der Waals surface area contributed by atoms with Gasteiger partial charge < -0.3 is 19.7 Å². The molecule has 0 aliphatic carbocycles. The van der Waals surface area contributed by atoms with Gasteiger partial charge in [0.15, 0.2) is 0 Å². The van der Waals surface area contributed by atoms with Gasteiger partial charge in [-0.25, -0.2) is 4.79 Å². The monoisotopic (exact) mass is 366 g/mol. The number of nitrogens with zero attached hydrogens (tertiary/aromatic N) is 1. The fourth-order valence-electron chi connectivity index (χ4n) is 3.11. The van der Waals surface area contributed by atoms with E-state index in [0.29, 0.717) is 6.54 Å². The Hall–Kier alpha value is -3.28. The van der Waals surface area contributed by atoms with E-state index in [9.17, 15) is 14.7 Å². The number of carbonyl (C=O) groups excluding carboxylic acids is 1. The van der Waals surface area contributed by atoms with Crippen LogP contribution in [0.1, 0.15) is 12.0 Å². The summed E-state index contributed by atoms with van der Waals surface area (Å²) in [6, 6.07) is 16.0. The lowest BCUT2D eigenvalue weighted by Crippen LogP contribution is -2.42. The maximum atomic E-state index is 12.3. The number of amides is 1. The molecule has 0 aliphatic rings. The molecule has 0 unspecified atom stereocenters. The largest absolute Gasteiger partial charge is 0.496 e. The smallest absolute Gasteiger partial charge is 0.326 e. The minimum atomic E-state index is -1.04. The standard InChI is InChI=1S/C21H22N2O4/c1-27-19-9-5-8-18-16(19)10-12-23(18)13-11-20(24)22-17(21(25)26)14-15-6-3-2-4-7-15/h2-10,12,17H,11,13-14H2,1H3,(H,22,24)(H,25,26)/t17-/m0/s1. The quantitative estimate of drug-likeness (QED) is 0.642. The molecule has 0 saturated heterocycles. The number of ether oxygens (including phenoxy) is 1. The van der Waals surface area contributed by atoms with Gasteiger partial charge >= 0.3 is 5.97 Å². The molecule has 1 heterocycles. The highest BCUT2D eigenvalue weighted by molar-refractivity contribution is 5.87. The normalized spacial score (nSPS) is 11.9. The molecule has 27 heavy (non-hydrogen) atoms. The fourth-order valence-corrected chi connectivity index (χ4v) is 3.11. The van der Waals surface area contributed by atoms with Crippen LogP contribution in [0, 0.1) is 0 Å². The summed E-state index contributed by atoms with van der Waals surface area (Å²) in [7, 11) is 1.62. The zero-order valence-electron chi connectivity index (χ0n) is 15.1. The zero-order valence-corrected chi connectivity index (χ0v) is 15.1. The number of carboxylic acid groups (broad SMARTS) is 1. The second-order valence-electron chi connectivity index (χ2n) is 6.30. The van der Waals surface area contributed by atoms with Gasteiger partial charge in [0, 0.05) is 31.0 Å². The summed E-state index contributed by atoms with van der Waals surface area (Å²) in [5.41, 5.74) is 1.84. The maximum absolute atomic E-state index is 12.3. The Kier molecular flexibility index (Phi) is 5.76. The van der Waals surface area contributed by atoms with Crippen LogP contribution in [0.15, 0.2) is 60.8 Å². The average Bonchev–Trinajstić information content (AvgIpc) is 3.10. The predicted molar refractivity (Wildman–Crippen MR) is 103 cm³/mol. The molecule has 0 bridgehead atoms.